The molecule has 0 aliphatic carbocycles. The molecule has 0 amide bonds. The number of para-hydroxylation sites is 4. The van der Waals surface area contributed by atoms with E-state index in [1.54, 1.807) is 22.7 Å². The summed E-state index contributed by atoms with van der Waals surface area (Å²) in [6.07, 6.45) is 0. The molecule has 0 radical (unpaired) electrons. The summed E-state index contributed by atoms with van der Waals surface area (Å²) in [5, 5.41) is 4.37. The predicted octanol–water partition coefficient (Wildman–Crippen LogP) is 26.3. The molecule has 16 rings (SSSR count). The highest BCUT2D eigenvalue weighted by Gasteiger charge is 2.36. The van der Waals surface area contributed by atoms with Crippen LogP contribution in [0, 0.1) is 0 Å². The molecule has 0 saturated carbocycles. The average molecular weight is 1290 g/mol. The van der Waals surface area contributed by atoms with Crippen LogP contribution in [-0.4, -0.2) is 0 Å². The van der Waals surface area contributed by atoms with E-state index in [2.05, 4.69) is 385 Å². The molecule has 98 heavy (non-hydrogen) atoms. The summed E-state index contributed by atoms with van der Waals surface area (Å²) in [5.41, 5.74) is 43.8. The molecule has 14 aromatic carbocycles. The molecule has 2 heterocycles. The number of nitrogens with two attached hydrogens (primary N) is 2. The van der Waals surface area contributed by atoms with Crippen molar-refractivity contribution >= 4 is 68.2 Å². The van der Waals surface area contributed by atoms with Crippen LogP contribution < -0.4 is 21.3 Å². The van der Waals surface area contributed by atoms with Gasteiger partial charge in [0.15, 0.2) is 0 Å². The molecule has 0 atom stereocenters. The lowest BCUT2D eigenvalue weighted by Crippen LogP contribution is -2.15. The molecule has 0 spiro atoms. The predicted molar refractivity (Wildman–Crippen MR) is 420 cm³/mol. The molecule has 0 aliphatic heterocycles. The van der Waals surface area contributed by atoms with Crippen LogP contribution in [0.3, 0.4) is 0 Å². The lowest BCUT2D eigenvalue weighted by molar-refractivity contribution is 1.28. The third-order valence-corrected chi connectivity index (χ3v) is 20.2. The smallest absolute Gasteiger partial charge is 0.0641 e. The van der Waals surface area contributed by atoms with Crippen LogP contribution in [0.5, 0.6) is 0 Å². The Morgan fingerprint density at radius 1 is 0.184 bits per heavy atom. The van der Waals surface area contributed by atoms with E-state index in [-0.39, 0.29) is 0 Å². The first-order valence-electron chi connectivity index (χ1n) is 33.0. The Kier molecular flexibility index (Phi) is 16.8. The standard InChI is InChI=1S/C92H66N4S2/c93-91-88(77-50-26-25-49-75(77)76-55-27-51-71(63-33-9-1-10-34-63)83(76)81-59-31-61-97-81)87(78-56-28-52-72(64-35-11-2-12-36-64)84(78)82-60-32-62-98-82)89(85-73(65-37-13-3-14-38-65)53-29-57-79(85)95(67-41-17-5-18-42-67)68-43-19-6-20-44-68)90(92(91)94)86-74(66-39-15-4-16-40-66)54-30-58-80(86)96(69-45-21-7-22-46-69)70-47-23-8-24-48-70/h1-62H,93-94H2. The van der Waals surface area contributed by atoms with Gasteiger partial charge in [0, 0.05) is 77.0 Å². The molecule has 4 nitrogen and oxygen atoms in total. The highest BCUT2D eigenvalue weighted by atomic mass is 32.1. The summed E-state index contributed by atoms with van der Waals surface area (Å²) in [6.45, 7) is 0. The van der Waals surface area contributed by atoms with E-state index in [0.29, 0.717) is 11.4 Å². The van der Waals surface area contributed by atoms with Crippen LogP contribution in [0.4, 0.5) is 45.5 Å². The van der Waals surface area contributed by atoms with Crippen molar-refractivity contribution in [2.24, 2.45) is 0 Å². The zero-order valence-electron chi connectivity index (χ0n) is 53.7. The molecular formula is C92H66N4S2. The van der Waals surface area contributed by atoms with Gasteiger partial charge in [-0.15, -0.1) is 22.7 Å². The molecule has 4 N–H and O–H groups in total. The second-order valence-corrected chi connectivity index (χ2v) is 26.1. The van der Waals surface area contributed by atoms with Crippen LogP contribution in [0.1, 0.15) is 0 Å². The number of hydrogen-bond donors (Lipinski definition) is 2. The van der Waals surface area contributed by atoms with E-state index in [0.717, 1.165) is 155 Å². The van der Waals surface area contributed by atoms with Gasteiger partial charge >= 0.3 is 0 Å². The zero-order valence-corrected chi connectivity index (χ0v) is 55.3. The van der Waals surface area contributed by atoms with Gasteiger partial charge < -0.3 is 21.3 Å². The lowest BCUT2D eigenvalue weighted by atomic mass is 9.74. The SMILES string of the molecule is Nc1c(N)c(-c2c(-c3ccccc3)cccc2N(c2ccccc2)c2ccccc2)c(-c2c(-c3ccccc3)cccc2N(c2ccccc2)c2ccccc2)c(-c2cccc(-c3ccccc3)c2-c2cccs2)c1-c1ccccc1-c1cccc(-c2ccccc2)c1-c1cccs1. The summed E-state index contributed by atoms with van der Waals surface area (Å²) in [6, 6.07) is 131. The van der Waals surface area contributed by atoms with Gasteiger partial charge in [0.25, 0.3) is 0 Å². The highest BCUT2D eigenvalue weighted by molar-refractivity contribution is 7.14. The van der Waals surface area contributed by atoms with Crippen molar-refractivity contribution in [3.05, 3.63) is 375 Å². The van der Waals surface area contributed by atoms with Gasteiger partial charge in [-0.1, -0.05) is 291 Å². The van der Waals surface area contributed by atoms with Gasteiger partial charge in [-0.25, -0.2) is 0 Å². The van der Waals surface area contributed by atoms with Crippen LogP contribution in [0.25, 0.3) is 121 Å². The Bertz CT molecular complexity index is 5340. The Morgan fingerprint density at radius 3 is 0.847 bits per heavy atom. The van der Waals surface area contributed by atoms with Crippen LogP contribution in [-0.2, 0) is 0 Å². The minimum absolute atomic E-state index is 0.437. The van der Waals surface area contributed by atoms with E-state index >= 15 is 0 Å². The molecule has 2 aromatic heterocycles. The molecule has 16 aromatic rings. The third kappa shape index (κ3) is 11.3. The monoisotopic (exact) mass is 1290 g/mol. The number of anilines is 8. The Labute approximate surface area is 581 Å². The van der Waals surface area contributed by atoms with Gasteiger partial charge in [0.2, 0.25) is 0 Å². The second kappa shape index (κ2) is 27.2. The van der Waals surface area contributed by atoms with Crippen molar-refractivity contribution in [3.8, 4) is 121 Å². The Hall–Kier alpha value is -12.3. The second-order valence-electron chi connectivity index (χ2n) is 24.2. The maximum Gasteiger partial charge on any atom is 0.0641 e. The normalized spacial score (nSPS) is 11.1. The quantitative estimate of drug-likeness (QED) is 0.0892. The molecule has 6 heteroatoms. The van der Waals surface area contributed by atoms with Gasteiger partial charge in [0.05, 0.1) is 22.7 Å². The van der Waals surface area contributed by atoms with Crippen LogP contribution >= 0.6 is 22.7 Å². The number of benzene rings is 14. The molecule has 0 bridgehead atoms. The van der Waals surface area contributed by atoms with Crippen molar-refractivity contribution in [2.75, 3.05) is 21.3 Å². The van der Waals surface area contributed by atoms with E-state index in [9.17, 15) is 0 Å². The van der Waals surface area contributed by atoms with Crippen molar-refractivity contribution in [3.63, 3.8) is 0 Å². The fourth-order valence-electron chi connectivity index (χ4n) is 14.3. The highest BCUT2D eigenvalue weighted by Crippen LogP contribution is 2.62. The van der Waals surface area contributed by atoms with Gasteiger partial charge in [-0.05, 0) is 150 Å². The first-order valence-corrected chi connectivity index (χ1v) is 34.8. The summed E-state index contributed by atoms with van der Waals surface area (Å²) in [5.74, 6) is 0. The fraction of sp³-hybridized carbons (Fsp3) is 0. The Morgan fingerprint density at radius 2 is 0.469 bits per heavy atom. The molecule has 466 valence electrons. The van der Waals surface area contributed by atoms with Crippen LogP contribution in [0.2, 0.25) is 0 Å². The third-order valence-electron chi connectivity index (χ3n) is 18.5. The lowest BCUT2D eigenvalue weighted by Gasteiger charge is -2.35. The maximum atomic E-state index is 8.66. The summed E-state index contributed by atoms with van der Waals surface area (Å²) in [4.78, 5) is 7.06. The number of hydrogen-bond acceptors (Lipinski definition) is 6. The van der Waals surface area contributed by atoms with Crippen LogP contribution in [0.15, 0.2) is 375 Å². The molecule has 0 unspecified atom stereocenters. The number of thiophene rings is 2. The fourth-order valence-corrected chi connectivity index (χ4v) is 15.9. The molecule has 0 aliphatic rings. The van der Waals surface area contributed by atoms with Crippen molar-refractivity contribution in [2.45, 2.75) is 0 Å². The minimum atomic E-state index is 0.437. The van der Waals surface area contributed by atoms with Gasteiger partial charge in [0.1, 0.15) is 0 Å². The first kappa shape index (κ1) is 60.6. The maximum absolute atomic E-state index is 8.66. The van der Waals surface area contributed by atoms with E-state index in [4.69, 9.17) is 11.5 Å². The van der Waals surface area contributed by atoms with Crippen molar-refractivity contribution < 1.29 is 0 Å². The molecule has 0 fully saturated rings. The minimum Gasteiger partial charge on any atom is -0.397 e. The summed E-state index contributed by atoms with van der Waals surface area (Å²) >= 11 is 3.49. The summed E-state index contributed by atoms with van der Waals surface area (Å²) < 4.78 is 0. The largest absolute Gasteiger partial charge is 0.397 e. The number of nitrogen functional groups attached to an aromatic ring is 2. The van der Waals surface area contributed by atoms with E-state index in [1.807, 2.05) is 0 Å². The number of nitrogens with zero attached hydrogens (tertiary/aromatic N) is 2. The molecular weight excluding hydrogens is 1230 g/mol. The zero-order chi connectivity index (χ0) is 65.7. The van der Waals surface area contributed by atoms with Crippen molar-refractivity contribution in [1.82, 2.24) is 0 Å². The van der Waals surface area contributed by atoms with Gasteiger partial charge in [-0.3, -0.25) is 0 Å². The van der Waals surface area contributed by atoms with Crippen molar-refractivity contribution in [1.29, 1.82) is 0 Å². The van der Waals surface area contributed by atoms with E-state index < -0.39 is 0 Å². The first-order chi connectivity index (χ1) is 48.6. The summed E-state index contributed by atoms with van der Waals surface area (Å²) in [7, 11) is 0. The number of rotatable bonds is 17. The molecule has 0 saturated heterocycles. The topological polar surface area (TPSA) is 58.5 Å². The van der Waals surface area contributed by atoms with E-state index in [1.165, 1.54) is 0 Å². The Balaban J connectivity index is 1.18. The van der Waals surface area contributed by atoms with Gasteiger partial charge in [-0.2, -0.15) is 0 Å². The average Bonchev–Trinajstić information content (AvgIpc) is 0.801.